The van der Waals surface area contributed by atoms with Crippen LogP contribution in [0.2, 0.25) is 0 Å². The fraction of sp³-hybridized carbons (Fsp3) is 0.583. The third kappa shape index (κ3) is 3.87. The van der Waals surface area contributed by atoms with Crippen molar-refractivity contribution in [1.82, 2.24) is 10.1 Å². The van der Waals surface area contributed by atoms with Gasteiger partial charge in [-0.1, -0.05) is 12.1 Å². The molecule has 0 saturated heterocycles. The average Bonchev–Trinajstić information content (AvgIpc) is 2.71. The number of aliphatic carboxylic acids is 1. The van der Waals surface area contributed by atoms with E-state index in [2.05, 4.69) is 5.16 Å². The van der Waals surface area contributed by atoms with Gasteiger partial charge in [-0.3, -0.25) is 9.59 Å². The Labute approximate surface area is 106 Å². The summed E-state index contributed by atoms with van der Waals surface area (Å²) in [5.41, 5.74) is 1.69. The molecule has 0 aliphatic carbocycles. The van der Waals surface area contributed by atoms with Crippen molar-refractivity contribution in [3.8, 4) is 0 Å². The summed E-state index contributed by atoms with van der Waals surface area (Å²) in [6.07, 6.45) is 2.41. The molecule has 1 aromatic heterocycles. The van der Waals surface area contributed by atoms with Crippen molar-refractivity contribution in [2.45, 2.75) is 26.7 Å². The lowest BCUT2D eigenvalue weighted by Gasteiger charge is -2.19. The zero-order valence-corrected chi connectivity index (χ0v) is 10.8. The maximum Gasteiger partial charge on any atom is 0.308 e. The van der Waals surface area contributed by atoms with E-state index < -0.39 is 11.9 Å². The zero-order chi connectivity index (χ0) is 13.7. The number of hydrogen-bond donors (Lipinski definition) is 1. The Hall–Kier alpha value is -1.85. The molecule has 0 saturated carbocycles. The number of amides is 1. The monoisotopic (exact) mass is 254 g/mol. The molecule has 1 aromatic rings. The minimum atomic E-state index is -0.899. The Balaban J connectivity index is 2.41. The highest BCUT2D eigenvalue weighted by molar-refractivity contribution is 5.77. The van der Waals surface area contributed by atoms with Gasteiger partial charge in [-0.05, 0) is 13.3 Å². The summed E-state index contributed by atoms with van der Waals surface area (Å²) in [6.45, 7) is 3.62. The number of hydrogen-bond acceptors (Lipinski definition) is 4. The molecule has 1 amide bonds. The molecule has 18 heavy (non-hydrogen) atoms. The van der Waals surface area contributed by atoms with Crippen molar-refractivity contribution in [1.29, 1.82) is 0 Å². The average molecular weight is 254 g/mol. The van der Waals surface area contributed by atoms with Gasteiger partial charge < -0.3 is 14.5 Å². The fourth-order valence-corrected chi connectivity index (χ4v) is 1.58. The molecule has 1 heterocycles. The van der Waals surface area contributed by atoms with Crippen LogP contribution in [-0.2, 0) is 16.0 Å². The summed E-state index contributed by atoms with van der Waals surface area (Å²) >= 11 is 0. The van der Waals surface area contributed by atoms with Crippen molar-refractivity contribution in [3.63, 3.8) is 0 Å². The topological polar surface area (TPSA) is 83.6 Å². The Morgan fingerprint density at radius 2 is 2.22 bits per heavy atom. The Morgan fingerprint density at radius 1 is 1.56 bits per heavy atom. The standard InChI is InChI=1S/C12H18N2O4/c1-8(12(16)17)6-14(3)11(15)5-4-10-7-18-13-9(10)2/h7-8H,4-6H2,1-3H3,(H,16,17). The van der Waals surface area contributed by atoms with Crippen LogP contribution in [0.25, 0.3) is 0 Å². The third-order valence-electron chi connectivity index (χ3n) is 2.85. The van der Waals surface area contributed by atoms with Crippen molar-refractivity contribution < 1.29 is 19.2 Å². The molecule has 6 heteroatoms. The second kappa shape index (κ2) is 6.18. The predicted molar refractivity (Wildman–Crippen MR) is 64.0 cm³/mol. The van der Waals surface area contributed by atoms with Crippen LogP contribution in [0.15, 0.2) is 10.8 Å². The number of carboxylic acid groups (broad SMARTS) is 1. The van der Waals surface area contributed by atoms with Crippen LogP contribution < -0.4 is 0 Å². The van der Waals surface area contributed by atoms with Crippen LogP contribution in [0, 0.1) is 12.8 Å². The van der Waals surface area contributed by atoms with Crippen LogP contribution >= 0.6 is 0 Å². The molecule has 0 bridgehead atoms. The molecule has 1 rings (SSSR count). The van der Waals surface area contributed by atoms with Gasteiger partial charge >= 0.3 is 5.97 Å². The van der Waals surface area contributed by atoms with Gasteiger partial charge in [0.1, 0.15) is 6.26 Å². The second-order valence-electron chi connectivity index (χ2n) is 4.44. The molecule has 1 unspecified atom stereocenters. The van der Waals surface area contributed by atoms with Crippen LogP contribution in [0.5, 0.6) is 0 Å². The van der Waals surface area contributed by atoms with Gasteiger partial charge in [0.15, 0.2) is 0 Å². The lowest BCUT2D eigenvalue weighted by Crippen LogP contribution is -2.33. The molecule has 0 aliphatic rings. The molecule has 0 fully saturated rings. The number of carbonyl (C=O) groups excluding carboxylic acids is 1. The number of aryl methyl sites for hydroxylation is 2. The summed E-state index contributed by atoms with van der Waals surface area (Å²) in [4.78, 5) is 23.9. The Kier molecular flexibility index (Phi) is 4.88. The van der Waals surface area contributed by atoms with Crippen LogP contribution in [-0.4, -0.2) is 40.6 Å². The second-order valence-corrected chi connectivity index (χ2v) is 4.44. The summed E-state index contributed by atoms with van der Waals surface area (Å²) in [5.74, 6) is -1.54. The van der Waals surface area contributed by atoms with Gasteiger partial charge in [0.25, 0.3) is 0 Å². The highest BCUT2D eigenvalue weighted by Gasteiger charge is 2.17. The van der Waals surface area contributed by atoms with E-state index in [4.69, 9.17) is 9.63 Å². The van der Waals surface area contributed by atoms with E-state index in [1.54, 1.807) is 14.0 Å². The zero-order valence-electron chi connectivity index (χ0n) is 10.8. The van der Waals surface area contributed by atoms with Crippen LogP contribution in [0.3, 0.4) is 0 Å². The van der Waals surface area contributed by atoms with Crippen molar-refractivity contribution >= 4 is 11.9 Å². The van der Waals surface area contributed by atoms with E-state index in [0.717, 1.165) is 11.3 Å². The first-order valence-electron chi connectivity index (χ1n) is 5.78. The molecule has 1 N–H and O–H groups in total. The van der Waals surface area contributed by atoms with E-state index in [9.17, 15) is 9.59 Å². The van der Waals surface area contributed by atoms with Gasteiger partial charge in [0, 0.05) is 25.6 Å². The summed E-state index contributed by atoms with van der Waals surface area (Å²) in [7, 11) is 1.61. The normalized spacial score (nSPS) is 12.2. The van der Waals surface area contributed by atoms with Crippen molar-refractivity contribution in [2.24, 2.45) is 5.92 Å². The van der Waals surface area contributed by atoms with Crippen LogP contribution in [0.4, 0.5) is 0 Å². The number of carbonyl (C=O) groups is 2. The molecule has 6 nitrogen and oxygen atoms in total. The summed E-state index contributed by atoms with van der Waals surface area (Å²) in [6, 6.07) is 0. The lowest BCUT2D eigenvalue weighted by molar-refractivity contribution is -0.142. The molecule has 0 spiro atoms. The molecular formula is C12H18N2O4. The largest absolute Gasteiger partial charge is 0.481 e. The van der Waals surface area contributed by atoms with E-state index in [1.807, 2.05) is 6.92 Å². The van der Waals surface area contributed by atoms with E-state index >= 15 is 0 Å². The number of nitrogens with zero attached hydrogens (tertiary/aromatic N) is 2. The number of carboxylic acids is 1. The summed E-state index contributed by atoms with van der Waals surface area (Å²) < 4.78 is 4.78. The summed E-state index contributed by atoms with van der Waals surface area (Å²) in [5, 5.41) is 12.5. The molecular weight excluding hydrogens is 236 g/mol. The van der Waals surface area contributed by atoms with Crippen LogP contribution in [0.1, 0.15) is 24.6 Å². The molecule has 0 radical (unpaired) electrons. The van der Waals surface area contributed by atoms with E-state index in [0.29, 0.717) is 12.8 Å². The number of aromatic nitrogens is 1. The first-order chi connectivity index (χ1) is 8.41. The Morgan fingerprint density at radius 3 is 2.72 bits per heavy atom. The Bertz CT molecular complexity index is 427. The maximum absolute atomic E-state index is 11.8. The van der Waals surface area contributed by atoms with Gasteiger partial charge in [-0.25, -0.2) is 0 Å². The minimum absolute atomic E-state index is 0.0799. The van der Waals surface area contributed by atoms with Crippen molar-refractivity contribution in [2.75, 3.05) is 13.6 Å². The van der Waals surface area contributed by atoms with Gasteiger partial charge in [-0.15, -0.1) is 0 Å². The van der Waals surface area contributed by atoms with Gasteiger partial charge in [-0.2, -0.15) is 0 Å². The highest BCUT2D eigenvalue weighted by atomic mass is 16.5. The smallest absolute Gasteiger partial charge is 0.308 e. The first-order valence-corrected chi connectivity index (χ1v) is 5.78. The van der Waals surface area contributed by atoms with Gasteiger partial charge in [0.05, 0.1) is 11.6 Å². The van der Waals surface area contributed by atoms with E-state index in [1.165, 1.54) is 11.2 Å². The van der Waals surface area contributed by atoms with Crippen molar-refractivity contribution in [3.05, 3.63) is 17.5 Å². The highest BCUT2D eigenvalue weighted by Crippen LogP contribution is 2.09. The van der Waals surface area contributed by atoms with E-state index in [-0.39, 0.29) is 12.5 Å². The lowest BCUT2D eigenvalue weighted by atomic mass is 10.1. The minimum Gasteiger partial charge on any atom is -0.481 e. The number of rotatable bonds is 6. The molecule has 0 aliphatic heterocycles. The SMILES string of the molecule is Cc1nocc1CCC(=O)N(C)CC(C)C(=O)O. The molecule has 100 valence electrons. The fourth-order valence-electron chi connectivity index (χ4n) is 1.58. The third-order valence-corrected chi connectivity index (χ3v) is 2.85. The quantitative estimate of drug-likeness (QED) is 0.821. The van der Waals surface area contributed by atoms with Gasteiger partial charge in [0.2, 0.25) is 5.91 Å². The molecule has 0 aromatic carbocycles. The molecule has 1 atom stereocenters. The predicted octanol–water partition coefficient (Wildman–Crippen LogP) is 1.09. The maximum atomic E-state index is 11.8. The first kappa shape index (κ1) is 14.2.